The molecule has 0 atom stereocenters. The summed E-state index contributed by atoms with van der Waals surface area (Å²) in [5, 5.41) is 0.0846. The van der Waals surface area contributed by atoms with Gasteiger partial charge in [-0.25, -0.2) is 4.39 Å². The lowest BCUT2D eigenvalue weighted by atomic mass is 10.2. The molecule has 0 bridgehead atoms. The number of ether oxygens (including phenoxy) is 1. The minimum absolute atomic E-state index is 0.0846. The van der Waals surface area contributed by atoms with Gasteiger partial charge in [0.2, 0.25) is 0 Å². The zero-order chi connectivity index (χ0) is 14.4. The molecule has 2 aromatic rings. The second-order valence-corrected chi connectivity index (χ2v) is 4.64. The summed E-state index contributed by atoms with van der Waals surface area (Å²) in [5.41, 5.74) is 1.55. The van der Waals surface area contributed by atoms with Gasteiger partial charge in [0.05, 0.1) is 16.5 Å². The van der Waals surface area contributed by atoms with E-state index in [1.165, 1.54) is 6.07 Å². The summed E-state index contributed by atoms with van der Waals surface area (Å²) in [5.74, 6) is 6.19. The molecule has 0 fully saturated rings. The molecule has 0 N–H and O–H groups in total. The average Bonchev–Trinajstić information content (AvgIpc) is 2.47. The number of hydrogen-bond donors (Lipinski definition) is 0. The number of halogens is 3. The highest BCUT2D eigenvalue weighted by molar-refractivity contribution is 6.30. The van der Waals surface area contributed by atoms with Crippen LogP contribution in [0.15, 0.2) is 42.5 Å². The second-order valence-electron chi connectivity index (χ2n) is 3.97. The first-order chi connectivity index (χ1) is 9.70. The monoisotopic (exact) mass is 308 g/mol. The van der Waals surface area contributed by atoms with Gasteiger partial charge in [0, 0.05) is 0 Å². The molecule has 1 nitrogen and oxygen atoms in total. The Labute approximate surface area is 127 Å². The fraction of sp³-hybridized carbons (Fsp3) is 0.125. The van der Waals surface area contributed by atoms with E-state index in [-0.39, 0.29) is 10.9 Å². The van der Waals surface area contributed by atoms with E-state index in [2.05, 4.69) is 11.8 Å². The maximum atomic E-state index is 13.1. The van der Waals surface area contributed by atoms with E-state index in [0.717, 1.165) is 11.1 Å². The quantitative estimate of drug-likeness (QED) is 0.592. The predicted molar refractivity (Wildman–Crippen MR) is 79.8 cm³/mol. The highest BCUT2D eigenvalue weighted by Crippen LogP contribution is 2.20. The topological polar surface area (TPSA) is 9.23 Å². The van der Waals surface area contributed by atoms with Crippen molar-refractivity contribution in [3.8, 4) is 17.6 Å². The van der Waals surface area contributed by atoms with Crippen LogP contribution < -0.4 is 4.74 Å². The van der Waals surface area contributed by atoms with Crippen LogP contribution in [0.2, 0.25) is 5.02 Å². The first-order valence-corrected chi connectivity index (χ1v) is 6.82. The van der Waals surface area contributed by atoms with Gasteiger partial charge in [-0.15, -0.1) is 11.6 Å². The van der Waals surface area contributed by atoms with E-state index in [1.54, 1.807) is 12.1 Å². The molecule has 0 aromatic heterocycles. The summed E-state index contributed by atoms with van der Waals surface area (Å²) < 4.78 is 18.8. The zero-order valence-corrected chi connectivity index (χ0v) is 12.0. The van der Waals surface area contributed by atoms with Crippen LogP contribution in [0.4, 0.5) is 4.39 Å². The highest BCUT2D eigenvalue weighted by Gasteiger charge is 2.04. The van der Waals surface area contributed by atoms with Gasteiger partial charge in [-0.1, -0.05) is 41.6 Å². The van der Waals surface area contributed by atoms with Gasteiger partial charge in [-0.2, -0.15) is 0 Å². The van der Waals surface area contributed by atoms with Gasteiger partial charge in [-0.3, -0.25) is 0 Å². The molecule has 2 rings (SSSR count). The first kappa shape index (κ1) is 14.7. The number of benzene rings is 2. The highest BCUT2D eigenvalue weighted by atomic mass is 35.5. The van der Waals surface area contributed by atoms with Crippen LogP contribution in [-0.2, 0) is 6.61 Å². The standard InChI is InChI=1S/C16H11Cl2FO/c17-9-3-5-13-4-1-2-6-16(13)20-11-12-7-8-15(19)14(18)10-12/h1-2,4,6-8,10H,9,11H2. The second kappa shape index (κ2) is 7.19. The third-order valence-corrected chi connectivity index (χ3v) is 2.98. The largest absolute Gasteiger partial charge is 0.488 e. The summed E-state index contributed by atoms with van der Waals surface area (Å²) in [7, 11) is 0. The third kappa shape index (κ3) is 3.90. The molecule has 0 aliphatic heterocycles. The molecule has 0 unspecified atom stereocenters. The van der Waals surface area contributed by atoms with E-state index >= 15 is 0 Å². The van der Waals surface area contributed by atoms with Crippen molar-refractivity contribution in [1.82, 2.24) is 0 Å². The molecule has 2 aromatic carbocycles. The zero-order valence-electron chi connectivity index (χ0n) is 10.5. The van der Waals surface area contributed by atoms with Crippen molar-refractivity contribution in [1.29, 1.82) is 0 Å². The minimum atomic E-state index is -0.441. The van der Waals surface area contributed by atoms with E-state index in [4.69, 9.17) is 27.9 Å². The molecule has 4 heteroatoms. The molecule has 20 heavy (non-hydrogen) atoms. The maximum Gasteiger partial charge on any atom is 0.141 e. The van der Waals surface area contributed by atoms with Crippen LogP contribution in [0.25, 0.3) is 0 Å². The molecule has 0 heterocycles. The van der Waals surface area contributed by atoms with E-state index in [9.17, 15) is 4.39 Å². The summed E-state index contributed by atoms with van der Waals surface area (Å²) in [6, 6.07) is 11.9. The average molecular weight is 309 g/mol. The summed E-state index contributed by atoms with van der Waals surface area (Å²) in [4.78, 5) is 0. The van der Waals surface area contributed by atoms with Gasteiger partial charge in [0.15, 0.2) is 0 Å². The van der Waals surface area contributed by atoms with E-state index in [1.807, 2.05) is 24.3 Å². The van der Waals surface area contributed by atoms with Crippen molar-refractivity contribution in [3.05, 3.63) is 64.4 Å². The van der Waals surface area contributed by atoms with Crippen LogP contribution in [0, 0.1) is 17.7 Å². The van der Waals surface area contributed by atoms with Crippen molar-refractivity contribution in [3.63, 3.8) is 0 Å². The molecule has 0 saturated heterocycles. The Morgan fingerprint density at radius 2 is 1.95 bits per heavy atom. The molecule has 102 valence electrons. The Morgan fingerprint density at radius 1 is 1.15 bits per heavy atom. The number of para-hydroxylation sites is 1. The van der Waals surface area contributed by atoms with Crippen LogP contribution in [0.5, 0.6) is 5.75 Å². The van der Waals surface area contributed by atoms with Crippen molar-refractivity contribution in [2.24, 2.45) is 0 Å². The van der Waals surface area contributed by atoms with Crippen LogP contribution in [0.3, 0.4) is 0 Å². The van der Waals surface area contributed by atoms with Gasteiger partial charge in [0.1, 0.15) is 18.2 Å². The van der Waals surface area contributed by atoms with Gasteiger partial charge >= 0.3 is 0 Å². The number of hydrogen-bond acceptors (Lipinski definition) is 1. The van der Waals surface area contributed by atoms with Crippen molar-refractivity contribution in [2.45, 2.75) is 6.61 Å². The Morgan fingerprint density at radius 3 is 2.70 bits per heavy atom. The van der Waals surface area contributed by atoms with E-state index < -0.39 is 5.82 Å². The van der Waals surface area contributed by atoms with E-state index in [0.29, 0.717) is 12.4 Å². The Balaban J connectivity index is 2.12. The molecule has 0 radical (unpaired) electrons. The van der Waals surface area contributed by atoms with Crippen LogP contribution in [0.1, 0.15) is 11.1 Å². The summed E-state index contributed by atoms with van der Waals surface area (Å²) in [6.07, 6.45) is 0. The molecule has 0 aliphatic rings. The Bertz CT molecular complexity index is 659. The maximum absolute atomic E-state index is 13.1. The molecular weight excluding hydrogens is 298 g/mol. The van der Waals surface area contributed by atoms with Crippen LogP contribution >= 0.6 is 23.2 Å². The van der Waals surface area contributed by atoms with Crippen molar-refractivity contribution >= 4 is 23.2 Å². The molecule has 0 aliphatic carbocycles. The lowest BCUT2D eigenvalue weighted by molar-refractivity contribution is 0.305. The van der Waals surface area contributed by atoms with Gasteiger partial charge < -0.3 is 4.74 Å². The normalized spacial score (nSPS) is 9.75. The third-order valence-electron chi connectivity index (χ3n) is 2.56. The van der Waals surface area contributed by atoms with Crippen molar-refractivity contribution < 1.29 is 9.13 Å². The molecule has 0 saturated carbocycles. The van der Waals surface area contributed by atoms with Gasteiger partial charge in [-0.05, 0) is 29.8 Å². The number of rotatable bonds is 3. The molecule has 0 spiro atoms. The lowest BCUT2D eigenvalue weighted by Crippen LogP contribution is -1.97. The van der Waals surface area contributed by atoms with Crippen molar-refractivity contribution in [2.75, 3.05) is 5.88 Å². The number of alkyl halides is 1. The smallest absolute Gasteiger partial charge is 0.141 e. The predicted octanol–water partition coefficient (Wildman–Crippen LogP) is 4.65. The van der Waals surface area contributed by atoms with Gasteiger partial charge in [0.25, 0.3) is 0 Å². The molecular formula is C16H11Cl2FO. The Hall–Kier alpha value is -1.69. The Kier molecular flexibility index (Phi) is 5.29. The fourth-order valence-electron chi connectivity index (χ4n) is 1.61. The SMILES string of the molecule is Fc1ccc(COc2ccccc2C#CCCl)cc1Cl. The molecule has 0 amide bonds. The van der Waals surface area contributed by atoms with Crippen LogP contribution in [-0.4, -0.2) is 5.88 Å². The first-order valence-electron chi connectivity index (χ1n) is 5.91. The minimum Gasteiger partial charge on any atom is -0.488 e. The summed E-state index contributed by atoms with van der Waals surface area (Å²) in [6.45, 7) is 0.291. The lowest BCUT2D eigenvalue weighted by Gasteiger charge is -2.08. The fourth-order valence-corrected chi connectivity index (χ4v) is 1.88. The summed E-state index contributed by atoms with van der Waals surface area (Å²) >= 11 is 11.3.